The van der Waals surface area contributed by atoms with Crippen molar-refractivity contribution in [2.45, 2.75) is 71.4 Å². The molecule has 3 rings (SSSR count). The van der Waals surface area contributed by atoms with Gasteiger partial charge in [0.2, 0.25) is 0 Å². The average molecular weight is 331 g/mol. The summed E-state index contributed by atoms with van der Waals surface area (Å²) in [6, 6.07) is 0.720. The predicted molar refractivity (Wildman–Crippen MR) is 94.6 cm³/mol. The lowest BCUT2D eigenvalue weighted by Gasteiger charge is -2.32. The van der Waals surface area contributed by atoms with Crippen molar-refractivity contribution in [3.05, 3.63) is 22.5 Å². The van der Waals surface area contributed by atoms with Crippen molar-refractivity contribution in [2.75, 3.05) is 13.1 Å². The molecule has 0 aliphatic carbocycles. The van der Waals surface area contributed by atoms with Crippen molar-refractivity contribution in [1.82, 2.24) is 15.2 Å². The van der Waals surface area contributed by atoms with Gasteiger partial charge in [-0.25, -0.2) is 0 Å². The first kappa shape index (κ1) is 17.2. The molecule has 1 amide bonds. The molecule has 5 nitrogen and oxygen atoms in total. The lowest BCUT2D eigenvalue weighted by molar-refractivity contribution is 0.0909. The van der Waals surface area contributed by atoms with Crippen LogP contribution in [0, 0.1) is 6.92 Å². The number of aryl methyl sites for hydroxylation is 1. The molecule has 2 aliphatic heterocycles. The number of rotatable bonds is 5. The number of carbonyl (C=O) groups excluding carboxylic acids is 2. The standard InChI is InChI=1S/C19H29N3O2/c1-4-7-14-17(13(3)23)12(2)20-18(14)19(24)21-15-9-11-22-10-6-5-8-16(15)22/h15-16,20H,4-11H2,1-3H3,(H,21,24)/t15-,16+/m1/s1. The topological polar surface area (TPSA) is 65.2 Å². The first-order valence-corrected chi connectivity index (χ1v) is 9.30. The highest BCUT2D eigenvalue weighted by Gasteiger charge is 2.37. The van der Waals surface area contributed by atoms with Gasteiger partial charge in [-0.3, -0.25) is 14.5 Å². The molecule has 2 fully saturated rings. The molecule has 0 saturated carbocycles. The fourth-order valence-corrected chi connectivity index (χ4v) is 4.50. The Kier molecular flexibility index (Phi) is 5.09. The Morgan fingerprint density at radius 2 is 2.04 bits per heavy atom. The van der Waals surface area contributed by atoms with Crippen molar-refractivity contribution in [3.63, 3.8) is 0 Å². The second kappa shape index (κ2) is 7.09. The van der Waals surface area contributed by atoms with E-state index in [4.69, 9.17) is 0 Å². The maximum absolute atomic E-state index is 12.9. The summed E-state index contributed by atoms with van der Waals surface area (Å²) in [4.78, 5) is 30.6. The van der Waals surface area contributed by atoms with Crippen LogP contribution in [0.4, 0.5) is 0 Å². The molecule has 1 aromatic rings. The zero-order valence-electron chi connectivity index (χ0n) is 15.1. The van der Waals surface area contributed by atoms with Gasteiger partial charge < -0.3 is 10.3 Å². The average Bonchev–Trinajstić information content (AvgIpc) is 3.09. The number of nitrogens with zero attached hydrogens (tertiary/aromatic N) is 1. The number of fused-ring (bicyclic) bond motifs is 1. The molecule has 24 heavy (non-hydrogen) atoms. The van der Waals surface area contributed by atoms with Gasteiger partial charge >= 0.3 is 0 Å². The number of hydrogen-bond donors (Lipinski definition) is 2. The Balaban J connectivity index is 1.80. The van der Waals surface area contributed by atoms with Crippen LogP contribution in [0.5, 0.6) is 0 Å². The van der Waals surface area contributed by atoms with Gasteiger partial charge in [0.25, 0.3) is 5.91 Å². The summed E-state index contributed by atoms with van der Waals surface area (Å²) in [5.41, 5.74) is 2.99. The van der Waals surface area contributed by atoms with Crippen LogP contribution >= 0.6 is 0 Å². The summed E-state index contributed by atoms with van der Waals surface area (Å²) in [5, 5.41) is 3.25. The number of aromatic nitrogens is 1. The van der Waals surface area contributed by atoms with Crippen LogP contribution < -0.4 is 5.32 Å². The molecule has 2 aliphatic rings. The van der Waals surface area contributed by atoms with Gasteiger partial charge in [-0.1, -0.05) is 19.8 Å². The zero-order valence-corrected chi connectivity index (χ0v) is 15.1. The molecular formula is C19H29N3O2. The number of nitrogens with one attached hydrogen (secondary N) is 2. The smallest absolute Gasteiger partial charge is 0.268 e. The van der Waals surface area contributed by atoms with Crippen LogP contribution in [0.2, 0.25) is 0 Å². The molecule has 2 saturated heterocycles. The van der Waals surface area contributed by atoms with Crippen molar-refractivity contribution in [1.29, 1.82) is 0 Å². The minimum atomic E-state index is -0.0496. The number of Topliss-reactive ketones (excluding diaryl/α,β-unsaturated/α-hetero) is 1. The first-order valence-electron chi connectivity index (χ1n) is 9.30. The largest absolute Gasteiger partial charge is 0.354 e. The highest BCUT2D eigenvalue weighted by Crippen LogP contribution is 2.28. The molecule has 0 spiro atoms. The summed E-state index contributed by atoms with van der Waals surface area (Å²) in [6.07, 6.45) is 6.40. The minimum absolute atomic E-state index is 0.0329. The lowest BCUT2D eigenvalue weighted by Crippen LogP contribution is -2.47. The van der Waals surface area contributed by atoms with Crippen LogP contribution in [0.1, 0.15) is 78.1 Å². The van der Waals surface area contributed by atoms with E-state index in [9.17, 15) is 9.59 Å². The number of H-pyrrole nitrogens is 1. The third-order valence-electron chi connectivity index (χ3n) is 5.54. The number of aromatic amines is 1. The Bertz CT molecular complexity index is 635. The summed E-state index contributed by atoms with van der Waals surface area (Å²) in [5.74, 6) is -0.0166. The molecule has 2 N–H and O–H groups in total. The van der Waals surface area contributed by atoms with Crippen molar-refractivity contribution < 1.29 is 9.59 Å². The molecule has 5 heteroatoms. The fraction of sp³-hybridized carbons (Fsp3) is 0.684. The zero-order chi connectivity index (χ0) is 17.3. The molecule has 0 bridgehead atoms. The lowest BCUT2D eigenvalue weighted by atomic mass is 9.98. The normalized spacial score (nSPS) is 24.0. The van der Waals surface area contributed by atoms with Crippen LogP contribution in [-0.2, 0) is 6.42 Å². The third kappa shape index (κ3) is 3.14. The molecule has 1 aromatic heterocycles. The third-order valence-corrected chi connectivity index (χ3v) is 5.54. The van der Waals surface area contributed by atoms with E-state index in [-0.39, 0.29) is 17.7 Å². The van der Waals surface area contributed by atoms with E-state index in [1.54, 1.807) is 6.92 Å². The van der Waals surface area contributed by atoms with Gasteiger partial charge in [0.05, 0.1) is 0 Å². The van der Waals surface area contributed by atoms with E-state index in [0.717, 1.165) is 43.6 Å². The molecule has 2 atom stereocenters. The maximum atomic E-state index is 12.9. The second-order valence-electron chi connectivity index (χ2n) is 7.25. The number of ketones is 1. The Morgan fingerprint density at radius 3 is 2.75 bits per heavy atom. The van der Waals surface area contributed by atoms with Gasteiger partial charge in [0, 0.05) is 29.9 Å². The van der Waals surface area contributed by atoms with E-state index in [2.05, 4.69) is 22.1 Å². The molecule has 132 valence electrons. The number of carbonyl (C=O) groups is 2. The minimum Gasteiger partial charge on any atom is -0.354 e. The number of hydrogen-bond acceptors (Lipinski definition) is 3. The van der Waals surface area contributed by atoms with Crippen LogP contribution in [0.25, 0.3) is 0 Å². The number of amides is 1. The van der Waals surface area contributed by atoms with Crippen LogP contribution in [0.3, 0.4) is 0 Å². The Hall–Kier alpha value is -1.62. The van der Waals surface area contributed by atoms with Crippen molar-refractivity contribution in [3.8, 4) is 0 Å². The fourth-order valence-electron chi connectivity index (χ4n) is 4.50. The summed E-state index contributed by atoms with van der Waals surface area (Å²) < 4.78 is 0. The van der Waals surface area contributed by atoms with E-state index < -0.39 is 0 Å². The SMILES string of the molecule is CCCc1c(C(=O)N[C@@H]2CCN3CCCC[C@@H]23)[nH]c(C)c1C(C)=O. The summed E-state index contributed by atoms with van der Waals surface area (Å²) >= 11 is 0. The quantitative estimate of drug-likeness (QED) is 0.816. The molecule has 0 aromatic carbocycles. The highest BCUT2D eigenvalue weighted by atomic mass is 16.2. The Morgan fingerprint density at radius 1 is 1.25 bits per heavy atom. The number of piperidine rings is 1. The van der Waals surface area contributed by atoms with E-state index in [1.807, 2.05) is 6.92 Å². The van der Waals surface area contributed by atoms with E-state index >= 15 is 0 Å². The van der Waals surface area contributed by atoms with Gasteiger partial charge in [-0.2, -0.15) is 0 Å². The molecule has 3 heterocycles. The summed E-state index contributed by atoms with van der Waals surface area (Å²) in [7, 11) is 0. The van der Waals surface area contributed by atoms with Crippen LogP contribution in [-0.4, -0.2) is 46.7 Å². The molecule has 0 radical (unpaired) electrons. The van der Waals surface area contributed by atoms with E-state index in [0.29, 0.717) is 17.3 Å². The van der Waals surface area contributed by atoms with Crippen LogP contribution in [0.15, 0.2) is 0 Å². The van der Waals surface area contributed by atoms with Gasteiger partial charge in [-0.05, 0) is 51.6 Å². The summed E-state index contributed by atoms with van der Waals surface area (Å²) in [6.45, 7) is 7.78. The van der Waals surface area contributed by atoms with Gasteiger partial charge in [0.15, 0.2) is 5.78 Å². The maximum Gasteiger partial charge on any atom is 0.268 e. The van der Waals surface area contributed by atoms with Crippen molar-refractivity contribution >= 4 is 11.7 Å². The predicted octanol–water partition coefficient (Wildman–Crippen LogP) is 2.83. The first-order chi connectivity index (χ1) is 11.5. The van der Waals surface area contributed by atoms with Gasteiger partial charge in [0.1, 0.15) is 5.69 Å². The monoisotopic (exact) mass is 331 g/mol. The van der Waals surface area contributed by atoms with Gasteiger partial charge in [-0.15, -0.1) is 0 Å². The van der Waals surface area contributed by atoms with E-state index in [1.165, 1.54) is 19.3 Å². The second-order valence-corrected chi connectivity index (χ2v) is 7.25. The Labute approximate surface area is 144 Å². The molecule has 0 unspecified atom stereocenters. The van der Waals surface area contributed by atoms with Crippen molar-refractivity contribution in [2.24, 2.45) is 0 Å². The molecular weight excluding hydrogens is 302 g/mol. The highest BCUT2D eigenvalue weighted by molar-refractivity contribution is 6.02.